The minimum absolute atomic E-state index is 0.0772. The number of nitrogens with zero attached hydrogens (tertiary/aromatic N) is 2. The molecule has 0 unspecified atom stereocenters. The number of carbonyl (C=O) groups is 1. The normalized spacial score (nSPS) is 15.6. The average Bonchev–Trinajstić information content (AvgIpc) is 2.81. The van der Waals surface area contributed by atoms with Crippen LogP contribution in [-0.4, -0.2) is 69.9 Å². The van der Waals surface area contributed by atoms with Crippen LogP contribution in [-0.2, 0) is 16.6 Å². The number of likely N-dealkylation sites (N-methyl/N-ethyl adjacent to an activating group) is 1. The molecule has 9 heteroatoms. The van der Waals surface area contributed by atoms with E-state index in [9.17, 15) is 13.2 Å². The Kier molecular flexibility index (Phi) is 9.07. The van der Waals surface area contributed by atoms with Crippen molar-refractivity contribution in [3.05, 3.63) is 64.7 Å². The van der Waals surface area contributed by atoms with Crippen LogP contribution < -0.4 is 10.0 Å². The Bertz CT molecular complexity index is 994. The molecule has 32 heavy (non-hydrogen) atoms. The van der Waals surface area contributed by atoms with Crippen molar-refractivity contribution in [2.45, 2.75) is 24.8 Å². The van der Waals surface area contributed by atoms with Crippen molar-refractivity contribution in [3.8, 4) is 0 Å². The molecule has 0 atom stereocenters. The molecule has 174 valence electrons. The minimum Gasteiger partial charge on any atom is -0.352 e. The Morgan fingerprint density at radius 1 is 1.03 bits per heavy atom. The van der Waals surface area contributed by atoms with Gasteiger partial charge in [0.1, 0.15) is 4.90 Å². The van der Waals surface area contributed by atoms with Crippen molar-refractivity contribution in [2.24, 2.45) is 0 Å². The van der Waals surface area contributed by atoms with Gasteiger partial charge in [0.05, 0.1) is 5.02 Å². The lowest BCUT2D eigenvalue weighted by Crippen LogP contribution is -2.46. The molecule has 3 rings (SSSR count). The van der Waals surface area contributed by atoms with E-state index in [1.807, 2.05) is 30.3 Å². The molecule has 1 amide bonds. The third kappa shape index (κ3) is 7.02. The highest BCUT2D eigenvalue weighted by molar-refractivity contribution is 7.89. The number of hydrogen-bond acceptors (Lipinski definition) is 5. The molecule has 1 aliphatic heterocycles. The zero-order valence-electron chi connectivity index (χ0n) is 18.4. The first-order chi connectivity index (χ1) is 15.4. The van der Waals surface area contributed by atoms with Crippen LogP contribution in [0.25, 0.3) is 0 Å². The summed E-state index contributed by atoms with van der Waals surface area (Å²) in [6.07, 6.45) is 0.843. The smallest absolute Gasteiger partial charge is 0.251 e. The highest BCUT2D eigenvalue weighted by Gasteiger charge is 2.20. The number of carbonyl (C=O) groups excluding carboxylic acids is 1. The lowest BCUT2D eigenvalue weighted by molar-refractivity contribution is 0.0948. The zero-order valence-corrected chi connectivity index (χ0v) is 20.0. The lowest BCUT2D eigenvalue weighted by Gasteiger charge is -2.33. The van der Waals surface area contributed by atoms with E-state index in [4.69, 9.17) is 11.6 Å². The van der Waals surface area contributed by atoms with Gasteiger partial charge >= 0.3 is 0 Å². The summed E-state index contributed by atoms with van der Waals surface area (Å²) >= 11 is 6.14. The second-order valence-electron chi connectivity index (χ2n) is 7.84. The predicted octanol–water partition coefficient (Wildman–Crippen LogP) is 2.58. The van der Waals surface area contributed by atoms with Crippen LogP contribution in [0.15, 0.2) is 53.4 Å². The molecule has 0 saturated carbocycles. The number of amides is 1. The van der Waals surface area contributed by atoms with E-state index < -0.39 is 10.0 Å². The molecule has 1 saturated heterocycles. The maximum atomic E-state index is 12.7. The maximum Gasteiger partial charge on any atom is 0.251 e. The van der Waals surface area contributed by atoms with Crippen molar-refractivity contribution in [2.75, 3.05) is 45.8 Å². The fourth-order valence-electron chi connectivity index (χ4n) is 3.64. The largest absolute Gasteiger partial charge is 0.352 e. The number of nitrogens with one attached hydrogen (secondary N) is 2. The highest BCUT2D eigenvalue weighted by atomic mass is 35.5. The van der Waals surface area contributed by atoms with Gasteiger partial charge in [-0.1, -0.05) is 48.9 Å². The van der Waals surface area contributed by atoms with Crippen molar-refractivity contribution in [3.63, 3.8) is 0 Å². The summed E-state index contributed by atoms with van der Waals surface area (Å²) in [5, 5.41) is 2.96. The summed E-state index contributed by atoms with van der Waals surface area (Å²) < 4.78 is 28.0. The molecule has 1 heterocycles. The molecule has 0 aliphatic carbocycles. The molecule has 2 N–H and O–H groups in total. The fraction of sp³-hybridized carbons (Fsp3) is 0.435. The molecule has 0 spiro atoms. The summed E-state index contributed by atoms with van der Waals surface area (Å²) in [6.45, 7) is 9.15. The summed E-state index contributed by atoms with van der Waals surface area (Å²) in [6, 6.07) is 13.5. The van der Waals surface area contributed by atoms with Crippen molar-refractivity contribution < 1.29 is 13.2 Å². The Labute approximate surface area is 195 Å². The third-order valence-corrected chi connectivity index (χ3v) is 7.52. The van der Waals surface area contributed by atoms with Crippen LogP contribution in [0.1, 0.15) is 29.3 Å². The fourth-order valence-corrected chi connectivity index (χ4v) is 5.18. The molecular formula is C23H31ClN4O3S. The standard InChI is InChI=1S/C23H31ClN4O3S/c1-2-27-13-15-28(16-14-27)12-6-11-25-23(29)20-9-10-21(24)22(17-20)32(30,31)26-18-19-7-4-3-5-8-19/h3-5,7-10,17,26H,2,6,11-16,18H2,1H3,(H,25,29). The highest BCUT2D eigenvalue weighted by Crippen LogP contribution is 2.23. The monoisotopic (exact) mass is 478 g/mol. The van der Waals surface area contributed by atoms with Gasteiger partial charge in [-0.3, -0.25) is 4.79 Å². The second-order valence-corrected chi connectivity index (χ2v) is 9.98. The Balaban J connectivity index is 1.52. The molecule has 0 radical (unpaired) electrons. The molecular weight excluding hydrogens is 448 g/mol. The number of halogens is 1. The van der Waals surface area contributed by atoms with Crippen LogP contribution in [0.4, 0.5) is 0 Å². The topological polar surface area (TPSA) is 81.8 Å². The van der Waals surface area contributed by atoms with E-state index in [0.717, 1.165) is 51.3 Å². The Morgan fingerprint density at radius 2 is 1.72 bits per heavy atom. The van der Waals surface area contributed by atoms with E-state index in [0.29, 0.717) is 6.54 Å². The van der Waals surface area contributed by atoms with E-state index >= 15 is 0 Å². The van der Waals surface area contributed by atoms with Crippen molar-refractivity contribution in [1.29, 1.82) is 0 Å². The average molecular weight is 479 g/mol. The molecule has 0 aromatic heterocycles. The number of rotatable bonds is 10. The van der Waals surface area contributed by atoms with E-state index in [2.05, 4.69) is 26.8 Å². The number of hydrogen-bond donors (Lipinski definition) is 2. The molecule has 7 nitrogen and oxygen atoms in total. The third-order valence-electron chi connectivity index (χ3n) is 5.64. The molecule has 0 bridgehead atoms. The first-order valence-electron chi connectivity index (χ1n) is 10.9. The first-order valence-corrected chi connectivity index (χ1v) is 12.8. The summed E-state index contributed by atoms with van der Waals surface area (Å²) in [7, 11) is -3.86. The van der Waals surface area contributed by atoms with Crippen LogP contribution in [0.5, 0.6) is 0 Å². The number of benzene rings is 2. The maximum absolute atomic E-state index is 12.7. The first kappa shape index (κ1) is 24.7. The van der Waals surface area contributed by atoms with E-state index in [-0.39, 0.29) is 27.9 Å². The van der Waals surface area contributed by atoms with Gasteiger partial charge in [-0.15, -0.1) is 0 Å². The van der Waals surface area contributed by atoms with Crippen molar-refractivity contribution >= 4 is 27.5 Å². The van der Waals surface area contributed by atoms with Gasteiger partial charge in [-0.05, 0) is 43.3 Å². The quantitative estimate of drug-likeness (QED) is 0.513. The zero-order chi connectivity index (χ0) is 23.0. The Hall–Kier alpha value is -1.97. The molecule has 1 fully saturated rings. The van der Waals surface area contributed by atoms with E-state index in [1.165, 1.54) is 18.2 Å². The van der Waals surface area contributed by atoms with Crippen LogP contribution in [0.3, 0.4) is 0 Å². The second kappa shape index (κ2) is 11.8. The van der Waals surface area contributed by atoms with Crippen LogP contribution in [0, 0.1) is 0 Å². The summed E-state index contributed by atoms with van der Waals surface area (Å²) in [4.78, 5) is 17.3. The molecule has 2 aromatic carbocycles. The van der Waals surface area contributed by atoms with Gasteiger partial charge in [0.2, 0.25) is 10.0 Å². The van der Waals surface area contributed by atoms with Crippen LogP contribution >= 0.6 is 11.6 Å². The predicted molar refractivity (Wildman–Crippen MR) is 127 cm³/mol. The molecule has 2 aromatic rings. The van der Waals surface area contributed by atoms with Gasteiger partial charge < -0.3 is 15.1 Å². The summed E-state index contributed by atoms with van der Waals surface area (Å²) in [5.74, 6) is -0.308. The summed E-state index contributed by atoms with van der Waals surface area (Å²) in [5.41, 5.74) is 1.10. The van der Waals surface area contributed by atoms with Gasteiger partial charge in [-0.2, -0.15) is 0 Å². The van der Waals surface area contributed by atoms with Gasteiger partial charge in [-0.25, -0.2) is 13.1 Å². The van der Waals surface area contributed by atoms with Crippen molar-refractivity contribution in [1.82, 2.24) is 19.8 Å². The Morgan fingerprint density at radius 3 is 2.41 bits per heavy atom. The van der Waals surface area contributed by atoms with Gasteiger partial charge in [0.25, 0.3) is 5.91 Å². The van der Waals surface area contributed by atoms with Crippen LogP contribution in [0.2, 0.25) is 5.02 Å². The SMILES string of the molecule is CCN1CCN(CCCNC(=O)c2ccc(Cl)c(S(=O)(=O)NCc3ccccc3)c2)CC1. The minimum atomic E-state index is -3.86. The number of sulfonamides is 1. The number of piperazine rings is 1. The van der Waals surface area contributed by atoms with E-state index in [1.54, 1.807) is 0 Å². The molecule has 1 aliphatic rings. The lowest BCUT2D eigenvalue weighted by atomic mass is 10.2. The van der Waals surface area contributed by atoms with Gasteiger partial charge in [0.15, 0.2) is 0 Å². The van der Waals surface area contributed by atoms with Gasteiger partial charge in [0, 0.05) is 44.8 Å².